The molecule has 1 aromatic rings. The zero-order valence-electron chi connectivity index (χ0n) is 12.1. The van der Waals surface area contributed by atoms with Crippen LogP contribution in [0.2, 0.25) is 0 Å². The number of nitrogens with two attached hydrogens (primary N) is 1. The third-order valence-electron chi connectivity index (χ3n) is 3.35. The summed E-state index contributed by atoms with van der Waals surface area (Å²) in [5, 5.41) is 12.1. The topological polar surface area (TPSA) is 92.4 Å². The standard InChI is InChI=1S/C16H23N2O3/c17-11-5-4-8-14(12-19)18-15(16(20)21)10-9-13-6-2-1-3-7-13/h1-3,6-7,14-15,18H,4-5,8-11,17H2,(H,20,21)/t14-,15?/m0/s1. The Balaban J connectivity index is 2.48. The molecule has 2 atom stereocenters. The Morgan fingerprint density at radius 1 is 1.24 bits per heavy atom. The molecule has 4 N–H and O–H groups in total. The number of carboxylic acids is 1. The van der Waals surface area contributed by atoms with Gasteiger partial charge in [-0.15, -0.1) is 0 Å². The quantitative estimate of drug-likeness (QED) is 0.534. The lowest BCUT2D eigenvalue weighted by Gasteiger charge is -2.18. The molecule has 5 nitrogen and oxygen atoms in total. The molecule has 0 spiro atoms. The van der Waals surface area contributed by atoms with E-state index in [0.717, 1.165) is 18.4 Å². The molecule has 0 aliphatic rings. The van der Waals surface area contributed by atoms with Crippen LogP contribution in [0.1, 0.15) is 31.2 Å². The first-order valence-electron chi connectivity index (χ1n) is 7.28. The highest BCUT2D eigenvalue weighted by Crippen LogP contribution is 2.07. The SMILES string of the molecule is NCCCC[C@@H]([C]=O)NC(CCc1ccccc1)C(=O)O. The van der Waals surface area contributed by atoms with E-state index in [-0.39, 0.29) is 0 Å². The largest absolute Gasteiger partial charge is 0.480 e. The summed E-state index contributed by atoms with van der Waals surface area (Å²) < 4.78 is 0. The van der Waals surface area contributed by atoms with Gasteiger partial charge in [-0.3, -0.25) is 14.9 Å². The second-order valence-electron chi connectivity index (χ2n) is 5.04. The highest BCUT2D eigenvalue weighted by Gasteiger charge is 2.21. The van der Waals surface area contributed by atoms with Crippen molar-refractivity contribution in [3.8, 4) is 0 Å². The van der Waals surface area contributed by atoms with Crippen molar-refractivity contribution in [2.75, 3.05) is 6.54 Å². The lowest BCUT2D eigenvalue weighted by atomic mass is 10.0. The highest BCUT2D eigenvalue weighted by atomic mass is 16.4. The monoisotopic (exact) mass is 291 g/mol. The van der Waals surface area contributed by atoms with Gasteiger partial charge in [0.25, 0.3) is 0 Å². The number of carboxylic acid groups (broad SMARTS) is 1. The first-order chi connectivity index (χ1) is 10.2. The smallest absolute Gasteiger partial charge is 0.320 e. The number of benzene rings is 1. The van der Waals surface area contributed by atoms with E-state index < -0.39 is 18.1 Å². The van der Waals surface area contributed by atoms with Gasteiger partial charge in [0.2, 0.25) is 6.29 Å². The Hall–Kier alpha value is -1.72. The Morgan fingerprint density at radius 3 is 2.52 bits per heavy atom. The van der Waals surface area contributed by atoms with E-state index in [2.05, 4.69) is 5.32 Å². The van der Waals surface area contributed by atoms with Crippen molar-refractivity contribution in [3.05, 3.63) is 35.9 Å². The molecular formula is C16H23N2O3. The van der Waals surface area contributed by atoms with Crippen LogP contribution in [-0.2, 0) is 16.0 Å². The maximum atomic E-state index is 11.3. The normalized spacial score (nSPS) is 13.6. The Kier molecular flexibility index (Phi) is 8.31. The van der Waals surface area contributed by atoms with Crippen LogP contribution >= 0.6 is 0 Å². The summed E-state index contributed by atoms with van der Waals surface area (Å²) in [5.74, 6) is -0.940. The minimum atomic E-state index is -0.940. The number of unbranched alkanes of at least 4 members (excludes halogenated alkanes) is 1. The van der Waals surface area contributed by atoms with Crippen molar-refractivity contribution in [1.29, 1.82) is 0 Å². The number of aliphatic carboxylic acids is 1. The van der Waals surface area contributed by atoms with Gasteiger partial charge >= 0.3 is 5.97 Å². The third kappa shape index (κ3) is 7.02. The van der Waals surface area contributed by atoms with Crippen LogP contribution in [0, 0.1) is 0 Å². The molecule has 0 aromatic heterocycles. The van der Waals surface area contributed by atoms with Gasteiger partial charge in [-0.25, -0.2) is 0 Å². The zero-order valence-corrected chi connectivity index (χ0v) is 12.1. The van der Waals surface area contributed by atoms with Gasteiger partial charge in [0.05, 0.1) is 6.04 Å². The second kappa shape index (κ2) is 10.1. The molecule has 0 aliphatic heterocycles. The molecule has 115 valence electrons. The second-order valence-corrected chi connectivity index (χ2v) is 5.04. The lowest BCUT2D eigenvalue weighted by molar-refractivity contribution is -0.139. The molecule has 5 heteroatoms. The fourth-order valence-electron chi connectivity index (χ4n) is 2.15. The van der Waals surface area contributed by atoms with Gasteiger partial charge in [0.1, 0.15) is 6.04 Å². The summed E-state index contributed by atoms with van der Waals surface area (Å²) >= 11 is 0. The van der Waals surface area contributed by atoms with Crippen LogP contribution in [0.25, 0.3) is 0 Å². The molecule has 1 rings (SSSR count). The molecule has 0 amide bonds. The van der Waals surface area contributed by atoms with Gasteiger partial charge in [0.15, 0.2) is 0 Å². The number of aryl methyl sites for hydroxylation is 1. The van der Waals surface area contributed by atoms with Crippen molar-refractivity contribution in [2.45, 2.75) is 44.2 Å². The summed E-state index contributed by atoms with van der Waals surface area (Å²) in [7, 11) is 0. The predicted molar refractivity (Wildman–Crippen MR) is 81.7 cm³/mol. The summed E-state index contributed by atoms with van der Waals surface area (Å²) in [6, 6.07) is 8.40. The van der Waals surface area contributed by atoms with E-state index in [1.165, 1.54) is 0 Å². The van der Waals surface area contributed by atoms with E-state index in [1.807, 2.05) is 36.6 Å². The maximum Gasteiger partial charge on any atom is 0.320 e. The number of rotatable bonds is 11. The summed E-state index contributed by atoms with van der Waals surface area (Å²) in [6.45, 7) is 0.571. The van der Waals surface area contributed by atoms with Crippen LogP contribution in [0.4, 0.5) is 0 Å². The fraction of sp³-hybridized carbons (Fsp3) is 0.500. The highest BCUT2D eigenvalue weighted by molar-refractivity contribution is 5.74. The van der Waals surface area contributed by atoms with E-state index in [1.54, 1.807) is 0 Å². The van der Waals surface area contributed by atoms with Crippen molar-refractivity contribution in [1.82, 2.24) is 5.32 Å². The Morgan fingerprint density at radius 2 is 1.95 bits per heavy atom. The van der Waals surface area contributed by atoms with Gasteiger partial charge in [-0.1, -0.05) is 36.8 Å². The fourth-order valence-corrected chi connectivity index (χ4v) is 2.15. The summed E-state index contributed by atoms with van der Waals surface area (Å²) in [4.78, 5) is 22.2. The van der Waals surface area contributed by atoms with Crippen LogP contribution < -0.4 is 11.1 Å². The first-order valence-corrected chi connectivity index (χ1v) is 7.28. The number of nitrogens with one attached hydrogen (secondary N) is 1. The average molecular weight is 291 g/mol. The number of carbonyl (C=O) groups is 1. The van der Waals surface area contributed by atoms with E-state index in [0.29, 0.717) is 25.8 Å². The van der Waals surface area contributed by atoms with Crippen LogP contribution in [0.15, 0.2) is 30.3 Å². The summed E-state index contributed by atoms with van der Waals surface area (Å²) in [5.41, 5.74) is 6.49. The van der Waals surface area contributed by atoms with E-state index in [9.17, 15) is 14.7 Å². The van der Waals surface area contributed by atoms with Crippen molar-refractivity contribution >= 4 is 12.3 Å². The predicted octanol–water partition coefficient (Wildman–Crippen LogP) is 1.27. The zero-order chi connectivity index (χ0) is 15.5. The van der Waals surface area contributed by atoms with Gasteiger partial charge < -0.3 is 10.8 Å². The molecule has 0 bridgehead atoms. The van der Waals surface area contributed by atoms with Crippen molar-refractivity contribution in [2.24, 2.45) is 5.73 Å². The Bertz CT molecular complexity index is 423. The van der Waals surface area contributed by atoms with Gasteiger partial charge in [-0.2, -0.15) is 0 Å². The van der Waals surface area contributed by atoms with Crippen molar-refractivity contribution in [3.63, 3.8) is 0 Å². The molecule has 21 heavy (non-hydrogen) atoms. The lowest BCUT2D eigenvalue weighted by Crippen LogP contribution is -2.44. The minimum Gasteiger partial charge on any atom is -0.480 e. The first kappa shape index (κ1) is 17.3. The average Bonchev–Trinajstić information content (AvgIpc) is 2.50. The maximum absolute atomic E-state index is 11.3. The van der Waals surface area contributed by atoms with Crippen LogP contribution in [-0.4, -0.2) is 36.0 Å². The van der Waals surface area contributed by atoms with E-state index >= 15 is 0 Å². The van der Waals surface area contributed by atoms with Crippen LogP contribution in [0.5, 0.6) is 0 Å². The third-order valence-corrected chi connectivity index (χ3v) is 3.35. The molecule has 1 radical (unpaired) electrons. The van der Waals surface area contributed by atoms with E-state index in [4.69, 9.17) is 5.73 Å². The molecule has 0 saturated heterocycles. The van der Waals surface area contributed by atoms with Gasteiger partial charge in [-0.05, 0) is 37.8 Å². The minimum absolute atomic E-state index is 0.439. The van der Waals surface area contributed by atoms with Gasteiger partial charge in [0, 0.05) is 0 Å². The molecule has 1 aromatic carbocycles. The molecule has 0 fully saturated rings. The molecule has 1 unspecified atom stereocenters. The van der Waals surface area contributed by atoms with Crippen molar-refractivity contribution < 1.29 is 14.7 Å². The summed E-state index contributed by atoms with van der Waals surface area (Å²) in [6.07, 6.45) is 5.14. The number of carbonyl (C=O) groups excluding carboxylic acids is 1. The number of hydrogen-bond acceptors (Lipinski definition) is 4. The number of hydrogen-bond donors (Lipinski definition) is 3. The molecule has 0 heterocycles. The molecule has 0 aliphatic carbocycles. The van der Waals surface area contributed by atoms with Crippen LogP contribution in [0.3, 0.4) is 0 Å². The Labute approximate surface area is 125 Å². The molecular weight excluding hydrogens is 268 g/mol. The molecule has 0 saturated carbocycles.